The van der Waals surface area contributed by atoms with Gasteiger partial charge in [-0.15, -0.1) is 11.8 Å². The zero-order valence-electron chi connectivity index (χ0n) is 11.9. The molecule has 1 aromatic heterocycles. The molecule has 0 radical (unpaired) electrons. The Kier molecular flexibility index (Phi) is 3.96. The zero-order chi connectivity index (χ0) is 14.0. The van der Waals surface area contributed by atoms with Gasteiger partial charge in [0.25, 0.3) is 5.91 Å². The van der Waals surface area contributed by atoms with E-state index in [1.54, 1.807) is 24.2 Å². The van der Waals surface area contributed by atoms with Gasteiger partial charge in [0.15, 0.2) is 5.69 Å². The van der Waals surface area contributed by atoms with E-state index in [0.29, 0.717) is 11.1 Å². The van der Waals surface area contributed by atoms with Crippen molar-refractivity contribution in [3.05, 3.63) is 18.1 Å². The van der Waals surface area contributed by atoms with Crippen LogP contribution in [-0.2, 0) is 0 Å². The van der Waals surface area contributed by atoms with E-state index in [2.05, 4.69) is 22.2 Å². The molecule has 0 aromatic carbocycles. The largest absolute Gasteiger partial charge is 0.350 e. The van der Waals surface area contributed by atoms with Gasteiger partial charge in [0.2, 0.25) is 0 Å². The van der Waals surface area contributed by atoms with Crippen molar-refractivity contribution in [2.45, 2.75) is 44.1 Å². The van der Waals surface area contributed by atoms with Crippen molar-refractivity contribution in [2.75, 3.05) is 12.3 Å². The summed E-state index contributed by atoms with van der Waals surface area (Å²) in [7, 11) is 0. The SMILES string of the molecule is CCSc1nccnc1C(=O)NCC1(C2CC2)CCC1. The van der Waals surface area contributed by atoms with Crippen LogP contribution in [0.3, 0.4) is 0 Å². The van der Waals surface area contributed by atoms with Crippen LogP contribution in [0.25, 0.3) is 0 Å². The molecule has 0 unspecified atom stereocenters. The predicted octanol–water partition coefficient (Wildman–Crippen LogP) is 2.90. The molecule has 2 aliphatic carbocycles. The topological polar surface area (TPSA) is 54.9 Å². The van der Waals surface area contributed by atoms with Gasteiger partial charge in [0.1, 0.15) is 5.03 Å². The maximum absolute atomic E-state index is 12.3. The molecule has 1 heterocycles. The Labute approximate surface area is 124 Å². The summed E-state index contributed by atoms with van der Waals surface area (Å²) in [5, 5.41) is 3.84. The maximum Gasteiger partial charge on any atom is 0.272 e. The fraction of sp³-hybridized carbons (Fsp3) is 0.667. The van der Waals surface area contributed by atoms with E-state index >= 15 is 0 Å². The van der Waals surface area contributed by atoms with Crippen LogP contribution in [0.1, 0.15) is 49.5 Å². The minimum Gasteiger partial charge on any atom is -0.350 e. The van der Waals surface area contributed by atoms with E-state index in [0.717, 1.165) is 23.2 Å². The highest BCUT2D eigenvalue weighted by atomic mass is 32.2. The summed E-state index contributed by atoms with van der Waals surface area (Å²) in [6.07, 6.45) is 9.79. The molecular weight excluding hydrogens is 270 g/mol. The molecule has 2 aliphatic rings. The van der Waals surface area contributed by atoms with Crippen LogP contribution in [0.5, 0.6) is 0 Å². The van der Waals surface area contributed by atoms with Gasteiger partial charge in [-0.05, 0) is 42.8 Å². The monoisotopic (exact) mass is 291 g/mol. The Morgan fingerprint density at radius 3 is 2.75 bits per heavy atom. The lowest BCUT2D eigenvalue weighted by molar-refractivity contribution is 0.0774. The number of hydrogen-bond acceptors (Lipinski definition) is 4. The maximum atomic E-state index is 12.3. The summed E-state index contributed by atoms with van der Waals surface area (Å²) in [5.74, 6) is 1.68. The molecule has 2 fully saturated rings. The summed E-state index contributed by atoms with van der Waals surface area (Å²) in [4.78, 5) is 20.8. The molecule has 0 saturated heterocycles. The molecule has 0 spiro atoms. The molecule has 0 atom stereocenters. The molecule has 1 aromatic rings. The van der Waals surface area contributed by atoms with Crippen LogP contribution < -0.4 is 5.32 Å². The lowest BCUT2D eigenvalue weighted by Crippen LogP contribution is -2.44. The highest BCUT2D eigenvalue weighted by molar-refractivity contribution is 7.99. The third-order valence-corrected chi connectivity index (χ3v) is 5.42. The standard InChI is InChI=1S/C15H21N3OS/c1-2-20-14-12(16-8-9-17-14)13(19)18-10-15(6-3-7-15)11-4-5-11/h8-9,11H,2-7,10H2,1H3,(H,18,19). The first-order chi connectivity index (χ1) is 9.75. The molecule has 3 rings (SSSR count). The van der Waals surface area contributed by atoms with Gasteiger partial charge in [-0.3, -0.25) is 4.79 Å². The van der Waals surface area contributed by atoms with Gasteiger partial charge in [-0.25, -0.2) is 9.97 Å². The van der Waals surface area contributed by atoms with E-state index in [4.69, 9.17) is 0 Å². The number of nitrogens with one attached hydrogen (secondary N) is 1. The summed E-state index contributed by atoms with van der Waals surface area (Å²) >= 11 is 1.57. The van der Waals surface area contributed by atoms with Crippen LogP contribution in [0.2, 0.25) is 0 Å². The molecule has 20 heavy (non-hydrogen) atoms. The van der Waals surface area contributed by atoms with E-state index < -0.39 is 0 Å². The first-order valence-corrected chi connectivity index (χ1v) is 8.46. The first-order valence-electron chi connectivity index (χ1n) is 7.47. The van der Waals surface area contributed by atoms with Crippen molar-refractivity contribution in [1.82, 2.24) is 15.3 Å². The Morgan fingerprint density at radius 2 is 2.15 bits per heavy atom. The van der Waals surface area contributed by atoms with Crippen molar-refractivity contribution in [2.24, 2.45) is 11.3 Å². The quantitative estimate of drug-likeness (QED) is 0.819. The number of aromatic nitrogens is 2. The molecule has 2 saturated carbocycles. The van der Waals surface area contributed by atoms with Crippen LogP contribution >= 0.6 is 11.8 Å². The number of carbonyl (C=O) groups is 1. The van der Waals surface area contributed by atoms with Gasteiger partial charge in [-0.1, -0.05) is 13.3 Å². The molecule has 1 N–H and O–H groups in total. The first kappa shape index (κ1) is 13.9. The summed E-state index contributed by atoms with van der Waals surface area (Å²) < 4.78 is 0. The lowest BCUT2D eigenvalue weighted by Gasteiger charge is -2.42. The van der Waals surface area contributed by atoms with Gasteiger partial charge >= 0.3 is 0 Å². The van der Waals surface area contributed by atoms with Crippen molar-refractivity contribution in [3.63, 3.8) is 0 Å². The molecule has 0 aliphatic heterocycles. The van der Waals surface area contributed by atoms with Crippen LogP contribution in [0.4, 0.5) is 0 Å². The number of hydrogen-bond donors (Lipinski definition) is 1. The van der Waals surface area contributed by atoms with Crippen molar-refractivity contribution in [3.8, 4) is 0 Å². The van der Waals surface area contributed by atoms with Crippen molar-refractivity contribution < 1.29 is 4.79 Å². The number of rotatable bonds is 6. The van der Waals surface area contributed by atoms with Crippen molar-refractivity contribution >= 4 is 17.7 Å². The Morgan fingerprint density at radius 1 is 1.40 bits per heavy atom. The van der Waals surface area contributed by atoms with Gasteiger partial charge < -0.3 is 5.32 Å². The minimum atomic E-state index is -0.0685. The Hall–Kier alpha value is -1.10. The lowest BCUT2D eigenvalue weighted by atomic mass is 9.65. The molecule has 5 heteroatoms. The number of amides is 1. The second-order valence-electron chi connectivity index (χ2n) is 5.82. The predicted molar refractivity (Wildman–Crippen MR) is 79.8 cm³/mol. The smallest absolute Gasteiger partial charge is 0.272 e. The fourth-order valence-electron chi connectivity index (χ4n) is 3.12. The summed E-state index contributed by atoms with van der Waals surface area (Å²) in [6.45, 7) is 2.86. The van der Waals surface area contributed by atoms with E-state index in [1.165, 1.54) is 32.1 Å². The second kappa shape index (κ2) is 5.72. The molecule has 1 amide bonds. The molecule has 108 valence electrons. The van der Waals surface area contributed by atoms with Crippen LogP contribution in [-0.4, -0.2) is 28.2 Å². The third kappa shape index (κ3) is 2.68. The normalized spacial score (nSPS) is 20.2. The summed E-state index contributed by atoms with van der Waals surface area (Å²) in [6, 6.07) is 0. The zero-order valence-corrected chi connectivity index (χ0v) is 12.7. The van der Waals surface area contributed by atoms with Gasteiger partial charge in [0.05, 0.1) is 0 Å². The molecule has 4 nitrogen and oxygen atoms in total. The Balaban J connectivity index is 1.64. The fourth-order valence-corrected chi connectivity index (χ4v) is 3.81. The van der Waals surface area contributed by atoms with E-state index in [9.17, 15) is 4.79 Å². The average Bonchev–Trinajstić information content (AvgIpc) is 3.23. The van der Waals surface area contributed by atoms with E-state index in [-0.39, 0.29) is 5.91 Å². The van der Waals surface area contributed by atoms with Gasteiger partial charge in [0, 0.05) is 18.9 Å². The van der Waals surface area contributed by atoms with Crippen LogP contribution in [0.15, 0.2) is 17.4 Å². The number of thioether (sulfide) groups is 1. The number of nitrogens with zero attached hydrogens (tertiary/aromatic N) is 2. The third-order valence-electron chi connectivity index (χ3n) is 4.55. The number of carbonyl (C=O) groups excluding carboxylic acids is 1. The van der Waals surface area contributed by atoms with Crippen LogP contribution in [0, 0.1) is 11.3 Å². The molecular formula is C15H21N3OS. The van der Waals surface area contributed by atoms with Gasteiger partial charge in [-0.2, -0.15) is 0 Å². The Bertz CT molecular complexity index is 498. The second-order valence-corrected chi connectivity index (χ2v) is 7.07. The van der Waals surface area contributed by atoms with E-state index in [1.807, 2.05) is 0 Å². The average molecular weight is 291 g/mol. The minimum absolute atomic E-state index is 0.0685. The highest BCUT2D eigenvalue weighted by Gasteiger charge is 2.48. The van der Waals surface area contributed by atoms with Crippen molar-refractivity contribution in [1.29, 1.82) is 0 Å². The highest BCUT2D eigenvalue weighted by Crippen LogP contribution is 2.56. The molecule has 0 bridgehead atoms. The summed E-state index contributed by atoms with van der Waals surface area (Å²) in [5.41, 5.74) is 0.875.